The zero-order chi connectivity index (χ0) is 23.0. The summed E-state index contributed by atoms with van der Waals surface area (Å²) in [6.45, 7) is 3.79. The Labute approximate surface area is 190 Å². The molecule has 0 spiro atoms. The SMILES string of the molecule is CC1(C(=O)Nc2cnc3nc(-c4cc(NC(=O)N5CCCC5)ccc4F)cn3c2)CCCO1. The number of nitrogens with one attached hydrogen (secondary N) is 2. The number of nitrogens with zero attached hydrogens (tertiary/aromatic N) is 4. The standard InChI is InChI=1S/C23H25FN6O3/c1-23(7-4-10-33-23)20(31)26-16-12-25-21-28-19(14-30(21)13-16)17-11-15(5-6-18(17)24)27-22(32)29-8-2-3-9-29/h5-6,11-14H,2-4,7-10H2,1H3,(H,26,31)(H,27,32). The fourth-order valence-corrected chi connectivity index (χ4v) is 4.22. The van der Waals surface area contributed by atoms with Gasteiger partial charge in [-0.2, -0.15) is 0 Å². The minimum Gasteiger partial charge on any atom is -0.365 e. The van der Waals surface area contributed by atoms with Crippen molar-refractivity contribution < 1.29 is 18.7 Å². The average molecular weight is 452 g/mol. The first-order chi connectivity index (χ1) is 15.9. The van der Waals surface area contributed by atoms with Gasteiger partial charge in [0.1, 0.15) is 11.4 Å². The quantitative estimate of drug-likeness (QED) is 0.629. The van der Waals surface area contributed by atoms with Gasteiger partial charge in [-0.1, -0.05) is 0 Å². The largest absolute Gasteiger partial charge is 0.365 e. The third-order valence-electron chi connectivity index (χ3n) is 6.15. The lowest BCUT2D eigenvalue weighted by Crippen LogP contribution is -2.39. The van der Waals surface area contributed by atoms with E-state index in [1.165, 1.54) is 18.3 Å². The van der Waals surface area contributed by atoms with Crippen molar-refractivity contribution >= 4 is 29.1 Å². The Morgan fingerprint density at radius 3 is 2.70 bits per heavy atom. The van der Waals surface area contributed by atoms with Crippen LogP contribution in [0.4, 0.5) is 20.6 Å². The Morgan fingerprint density at radius 2 is 1.94 bits per heavy atom. The number of aromatic nitrogens is 3. The third kappa shape index (κ3) is 4.25. The molecule has 3 amide bonds. The second-order valence-electron chi connectivity index (χ2n) is 8.63. The summed E-state index contributed by atoms with van der Waals surface area (Å²) in [6.07, 6.45) is 8.30. The molecule has 1 atom stereocenters. The number of hydrogen-bond acceptors (Lipinski definition) is 5. The van der Waals surface area contributed by atoms with Crippen molar-refractivity contribution in [3.05, 3.63) is 42.6 Å². The molecule has 0 saturated carbocycles. The van der Waals surface area contributed by atoms with Crippen LogP contribution < -0.4 is 10.6 Å². The maximum atomic E-state index is 14.6. The first kappa shape index (κ1) is 21.3. The number of rotatable bonds is 4. The van der Waals surface area contributed by atoms with E-state index in [2.05, 4.69) is 20.6 Å². The number of amides is 3. The summed E-state index contributed by atoms with van der Waals surface area (Å²) in [5.41, 5.74) is 0.744. The van der Waals surface area contributed by atoms with E-state index in [1.807, 2.05) is 0 Å². The van der Waals surface area contributed by atoms with Crippen LogP contribution >= 0.6 is 0 Å². The van der Waals surface area contributed by atoms with Gasteiger partial charge in [0.15, 0.2) is 0 Å². The zero-order valence-electron chi connectivity index (χ0n) is 18.3. The summed E-state index contributed by atoms with van der Waals surface area (Å²) in [6, 6.07) is 4.20. The van der Waals surface area contributed by atoms with Gasteiger partial charge >= 0.3 is 6.03 Å². The Morgan fingerprint density at radius 1 is 1.12 bits per heavy atom. The predicted molar refractivity (Wildman–Crippen MR) is 120 cm³/mol. The van der Waals surface area contributed by atoms with Crippen LogP contribution in [-0.2, 0) is 9.53 Å². The molecule has 2 fully saturated rings. The molecule has 0 bridgehead atoms. The Bertz CT molecular complexity index is 1210. The highest BCUT2D eigenvalue weighted by Crippen LogP contribution is 2.28. The van der Waals surface area contributed by atoms with E-state index in [4.69, 9.17) is 4.74 Å². The maximum Gasteiger partial charge on any atom is 0.321 e. The molecule has 10 heteroatoms. The highest BCUT2D eigenvalue weighted by Gasteiger charge is 2.37. The number of carbonyl (C=O) groups excluding carboxylic acids is 2. The zero-order valence-corrected chi connectivity index (χ0v) is 18.3. The molecule has 172 valence electrons. The van der Waals surface area contributed by atoms with Crippen molar-refractivity contribution in [2.45, 2.75) is 38.2 Å². The molecule has 2 aliphatic heterocycles. The molecule has 0 radical (unpaired) electrons. The van der Waals surface area contributed by atoms with Crippen molar-refractivity contribution in [2.24, 2.45) is 0 Å². The number of halogens is 1. The number of benzene rings is 1. The van der Waals surface area contributed by atoms with Gasteiger partial charge in [-0.05, 0) is 50.8 Å². The second kappa shape index (κ2) is 8.43. The lowest BCUT2D eigenvalue weighted by molar-refractivity contribution is -0.133. The molecule has 2 aliphatic rings. The molecule has 2 N–H and O–H groups in total. The van der Waals surface area contributed by atoms with E-state index in [0.29, 0.717) is 35.9 Å². The molecule has 9 nitrogen and oxygen atoms in total. The smallest absolute Gasteiger partial charge is 0.321 e. The van der Waals surface area contributed by atoms with Crippen LogP contribution in [0.15, 0.2) is 36.8 Å². The van der Waals surface area contributed by atoms with E-state index in [0.717, 1.165) is 32.4 Å². The lowest BCUT2D eigenvalue weighted by Gasteiger charge is -2.21. The molecule has 4 heterocycles. The van der Waals surface area contributed by atoms with Crippen LogP contribution in [0.1, 0.15) is 32.6 Å². The molecule has 2 saturated heterocycles. The summed E-state index contributed by atoms with van der Waals surface area (Å²) in [5, 5.41) is 5.66. The number of hydrogen-bond donors (Lipinski definition) is 2. The maximum absolute atomic E-state index is 14.6. The van der Waals surface area contributed by atoms with Gasteiger partial charge in [-0.15, -0.1) is 0 Å². The van der Waals surface area contributed by atoms with Crippen LogP contribution in [0, 0.1) is 5.82 Å². The molecule has 1 unspecified atom stereocenters. The number of imidazole rings is 1. The van der Waals surface area contributed by atoms with Crippen molar-refractivity contribution in [1.29, 1.82) is 0 Å². The van der Waals surface area contributed by atoms with Gasteiger partial charge in [0.05, 0.1) is 17.6 Å². The summed E-state index contributed by atoms with van der Waals surface area (Å²) in [5.74, 6) is -0.330. The fourth-order valence-electron chi connectivity index (χ4n) is 4.22. The highest BCUT2D eigenvalue weighted by molar-refractivity contribution is 5.97. The summed E-state index contributed by atoms with van der Waals surface area (Å²) < 4.78 is 21.8. The predicted octanol–water partition coefficient (Wildman–Crippen LogP) is 3.67. The monoisotopic (exact) mass is 452 g/mol. The molecule has 3 aromatic rings. The average Bonchev–Trinajstić information content (AvgIpc) is 3.56. The molecule has 0 aliphatic carbocycles. The molecule has 5 rings (SSSR count). The molecular formula is C23H25FN6O3. The van der Waals surface area contributed by atoms with E-state index in [9.17, 15) is 14.0 Å². The van der Waals surface area contributed by atoms with Crippen LogP contribution in [0.5, 0.6) is 0 Å². The van der Waals surface area contributed by atoms with Gasteiger partial charge in [0.25, 0.3) is 5.91 Å². The minimum atomic E-state index is -0.849. The Balaban J connectivity index is 1.37. The molecule has 2 aromatic heterocycles. The fraction of sp³-hybridized carbons (Fsp3) is 0.391. The van der Waals surface area contributed by atoms with Crippen LogP contribution in [0.2, 0.25) is 0 Å². The van der Waals surface area contributed by atoms with Gasteiger partial charge in [-0.25, -0.2) is 19.2 Å². The van der Waals surface area contributed by atoms with E-state index in [-0.39, 0.29) is 17.5 Å². The van der Waals surface area contributed by atoms with Crippen LogP contribution in [0.3, 0.4) is 0 Å². The van der Waals surface area contributed by atoms with Gasteiger partial charge in [0, 0.05) is 43.3 Å². The Kier molecular flexibility index (Phi) is 5.45. The first-order valence-electron chi connectivity index (χ1n) is 11.1. The number of urea groups is 1. The minimum absolute atomic E-state index is 0.193. The summed E-state index contributed by atoms with van der Waals surface area (Å²) in [7, 11) is 0. The number of fused-ring (bicyclic) bond motifs is 1. The van der Waals surface area contributed by atoms with Crippen molar-refractivity contribution in [2.75, 3.05) is 30.3 Å². The molecular weight excluding hydrogens is 427 g/mol. The number of likely N-dealkylation sites (tertiary alicyclic amines) is 1. The normalized spacial score (nSPS) is 20.4. The van der Waals surface area contributed by atoms with E-state index < -0.39 is 11.4 Å². The van der Waals surface area contributed by atoms with Crippen LogP contribution in [0.25, 0.3) is 17.0 Å². The van der Waals surface area contributed by atoms with Crippen molar-refractivity contribution in [3.63, 3.8) is 0 Å². The van der Waals surface area contributed by atoms with Gasteiger partial charge in [0.2, 0.25) is 5.78 Å². The van der Waals surface area contributed by atoms with Crippen molar-refractivity contribution in [1.82, 2.24) is 19.3 Å². The number of ether oxygens (including phenoxy) is 1. The van der Waals surface area contributed by atoms with Gasteiger partial charge < -0.3 is 20.3 Å². The highest BCUT2D eigenvalue weighted by atomic mass is 19.1. The summed E-state index contributed by atoms with van der Waals surface area (Å²) in [4.78, 5) is 35.4. The third-order valence-corrected chi connectivity index (χ3v) is 6.15. The second-order valence-corrected chi connectivity index (χ2v) is 8.63. The Hall–Kier alpha value is -3.53. The number of anilines is 2. The molecule has 33 heavy (non-hydrogen) atoms. The van der Waals surface area contributed by atoms with Crippen molar-refractivity contribution in [3.8, 4) is 11.3 Å². The number of carbonyl (C=O) groups is 2. The summed E-state index contributed by atoms with van der Waals surface area (Å²) >= 11 is 0. The molecule has 1 aromatic carbocycles. The van der Waals surface area contributed by atoms with Gasteiger partial charge in [-0.3, -0.25) is 9.20 Å². The first-order valence-corrected chi connectivity index (χ1v) is 11.1. The van der Waals surface area contributed by atoms with E-state index >= 15 is 0 Å². The van der Waals surface area contributed by atoms with E-state index in [1.54, 1.807) is 34.7 Å². The lowest BCUT2D eigenvalue weighted by atomic mass is 10.0. The van der Waals surface area contributed by atoms with Crippen LogP contribution in [-0.4, -0.2) is 56.5 Å². The topological polar surface area (TPSA) is 101 Å².